The molecule has 2 unspecified atom stereocenters. The number of alkyl halides is 4. The summed E-state index contributed by atoms with van der Waals surface area (Å²) in [6, 6.07) is 14.0. The van der Waals surface area contributed by atoms with E-state index in [-0.39, 0.29) is 11.3 Å². The predicted octanol–water partition coefficient (Wildman–Crippen LogP) is 7.65. The summed E-state index contributed by atoms with van der Waals surface area (Å²) >= 11 is 0. The minimum Gasteiger partial charge on any atom is -0.463 e. The topological polar surface area (TPSA) is 47.6 Å². The second-order valence-electron chi connectivity index (χ2n) is 9.52. The molecule has 0 radical (unpaired) electrons. The molecule has 0 aliphatic heterocycles. The molecule has 3 atom stereocenters. The van der Waals surface area contributed by atoms with Crippen molar-refractivity contribution in [2.24, 2.45) is 0 Å². The third kappa shape index (κ3) is 7.63. The molecule has 0 saturated heterocycles. The van der Waals surface area contributed by atoms with Gasteiger partial charge in [-0.25, -0.2) is 17.7 Å². The Kier molecular flexibility index (Phi) is 9.50. The van der Waals surface area contributed by atoms with Crippen LogP contribution in [-0.2, 0) is 11.0 Å². The van der Waals surface area contributed by atoms with E-state index in [1.807, 2.05) is 0 Å². The van der Waals surface area contributed by atoms with E-state index in [1.165, 1.54) is 12.1 Å². The van der Waals surface area contributed by atoms with Crippen LogP contribution >= 0.6 is 0 Å². The van der Waals surface area contributed by atoms with E-state index in [2.05, 4.69) is 16.0 Å². The van der Waals surface area contributed by atoms with Crippen molar-refractivity contribution in [3.05, 3.63) is 108 Å². The molecule has 0 bridgehead atoms. The third-order valence-electron chi connectivity index (χ3n) is 5.57. The van der Waals surface area contributed by atoms with Gasteiger partial charge in [-0.15, -0.1) is 0 Å². The molecule has 0 fully saturated rings. The van der Waals surface area contributed by atoms with Crippen molar-refractivity contribution in [3.63, 3.8) is 0 Å². The van der Waals surface area contributed by atoms with Crippen LogP contribution in [0.1, 0.15) is 49.4 Å². The summed E-state index contributed by atoms with van der Waals surface area (Å²) in [6.07, 6.45) is -8.01. The van der Waals surface area contributed by atoms with E-state index in [1.54, 1.807) is 51.1 Å². The molecule has 0 amide bonds. The Morgan fingerprint density at radius 2 is 1.59 bits per heavy atom. The minimum atomic E-state index is -4.88. The van der Waals surface area contributed by atoms with Gasteiger partial charge in [-0.1, -0.05) is 43.0 Å². The van der Waals surface area contributed by atoms with Crippen LogP contribution in [0.5, 0.6) is 11.5 Å². The highest BCUT2D eigenvalue weighted by molar-refractivity contribution is 7.84. The fourth-order valence-corrected chi connectivity index (χ4v) is 4.63. The molecule has 0 saturated carbocycles. The lowest BCUT2D eigenvalue weighted by molar-refractivity contribution is -0.253. The Morgan fingerprint density at radius 3 is 2.18 bits per heavy atom. The summed E-state index contributed by atoms with van der Waals surface area (Å²) in [7, 11) is -1.79. The van der Waals surface area contributed by atoms with Crippen molar-refractivity contribution in [1.29, 1.82) is 0 Å². The summed E-state index contributed by atoms with van der Waals surface area (Å²) in [5.74, 6) is -3.59. The first-order valence-corrected chi connectivity index (χ1v) is 12.8. The standard InChI is InChI=1S/C28H27F6NO3S/c1-5-37-23-15-18(11-12-22(23)30)24(17-9-7-6-8-10-17)25(35-39(36)27(2,3)4)19-13-20(29)16-21(14-19)38-28(33,34)26(31)32/h5-16,24-26,35H,1H2,2-4H3/t24-,25?,39?/m1/s1. The Balaban J connectivity index is 2.26. The number of benzene rings is 3. The maximum Gasteiger partial charge on any atom is 0.461 e. The van der Waals surface area contributed by atoms with Crippen LogP contribution in [0.4, 0.5) is 26.3 Å². The molecule has 11 heteroatoms. The maximum atomic E-state index is 14.7. The van der Waals surface area contributed by atoms with Gasteiger partial charge in [-0.05, 0) is 61.7 Å². The first-order chi connectivity index (χ1) is 18.2. The molecule has 39 heavy (non-hydrogen) atoms. The quantitative estimate of drug-likeness (QED) is 0.190. The zero-order chi connectivity index (χ0) is 29.0. The van der Waals surface area contributed by atoms with Crippen molar-refractivity contribution in [2.75, 3.05) is 0 Å². The van der Waals surface area contributed by atoms with Gasteiger partial charge in [0.25, 0.3) is 0 Å². The molecule has 1 N–H and O–H groups in total. The van der Waals surface area contributed by atoms with Crippen molar-refractivity contribution in [3.8, 4) is 11.5 Å². The van der Waals surface area contributed by atoms with Crippen LogP contribution in [-0.4, -0.2) is 21.5 Å². The number of nitrogens with one attached hydrogen (secondary N) is 1. The zero-order valence-corrected chi connectivity index (χ0v) is 22.1. The van der Waals surface area contributed by atoms with Crippen molar-refractivity contribution >= 4 is 11.0 Å². The molecule has 0 aliphatic rings. The van der Waals surface area contributed by atoms with Crippen molar-refractivity contribution in [1.82, 2.24) is 4.72 Å². The molecular formula is C28H27F6NO3S. The van der Waals surface area contributed by atoms with Crippen molar-refractivity contribution < 1.29 is 40.0 Å². The van der Waals surface area contributed by atoms with Gasteiger partial charge < -0.3 is 9.47 Å². The lowest BCUT2D eigenvalue weighted by Gasteiger charge is -2.32. The molecule has 3 rings (SSSR count). The summed E-state index contributed by atoms with van der Waals surface area (Å²) < 4.78 is 107. The summed E-state index contributed by atoms with van der Waals surface area (Å²) in [5, 5.41) is 0. The first-order valence-electron chi connectivity index (χ1n) is 11.7. The van der Waals surface area contributed by atoms with Gasteiger partial charge in [0.15, 0.2) is 11.6 Å². The van der Waals surface area contributed by atoms with Crippen LogP contribution in [0, 0.1) is 11.6 Å². The minimum absolute atomic E-state index is 0.0305. The fourth-order valence-electron chi connectivity index (χ4n) is 3.78. The molecule has 210 valence electrons. The Bertz CT molecular complexity index is 1310. The predicted molar refractivity (Wildman–Crippen MR) is 137 cm³/mol. The molecule has 0 aliphatic carbocycles. The number of hydrogen-bond donors (Lipinski definition) is 1. The van der Waals surface area contributed by atoms with Gasteiger partial charge in [0, 0.05) is 12.0 Å². The van der Waals surface area contributed by atoms with Gasteiger partial charge in [0.2, 0.25) is 0 Å². The Morgan fingerprint density at radius 1 is 0.923 bits per heavy atom. The highest BCUT2D eigenvalue weighted by Gasteiger charge is 2.44. The van der Waals surface area contributed by atoms with E-state index in [0.29, 0.717) is 17.2 Å². The number of hydrogen-bond acceptors (Lipinski definition) is 3. The molecular weight excluding hydrogens is 544 g/mol. The average Bonchev–Trinajstić information content (AvgIpc) is 2.85. The smallest absolute Gasteiger partial charge is 0.461 e. The van der Waals surface area contributed by atoms with E-state index in [4.69, 9.17) is 4.74 Å². The van der Waals surface area contributed by atoms with Crippen LogP contribution in [0.3, 0.4) is 0 Å². The Labute approximate surface area is 225 Å². The van der Waals surface area contributed by atoms with Crippen LogP contribution < -0.4 is 14.2 Å². The molecule has 0 heterocycles. The molecule has 0 aromatic heterocycles. The lowest BCUT2D eigenvalue weighted by Crippen LogP contribution is -2.38. The van der Waals surface area contributed by atoms with E-state index in [0.717, 1.165) is 24.5 Å². The molecule has 3 aromatic rings. The van der Waals surface area contributed by atoms with Gasteiger partial charge in [0.1, 0.15) is 11.6 Å². The van der Waals surface area contributed by atoms with E-state index >= 15 is 0 Å². The van der Waals surface area contributed by atoms with Gasteiger partial charge in [0.05, 0.1) is 28.0 Å². The molecule has 3 aromatic carbocycles. The van der Waals surface area contributed by atoms with Gasteiger partial charge in [-0.2, -0.15) is 17.6 Å². The highest BCUT2D eigenvalue weighted by Crippen LogP contribution is 2.41. The first kappa shape index (κ1) is 30.2. The van der Waals surface area contributed by atoms with Crippen molar-refractivity contribution in [2.45, 2.75) is 50.0 Å². The SMILES string of the molecule is C=COc1cc([C@@H](c2ccccc2)C(NS(=O)C(C)(C)C)c2cc(F)cc(OC(F)(F)C(F)F)c2)ccc1F. The normalized spacial score (nSPS) is 14.5. The number of ether oxygens (including phenoxy) is 2. The van der Waals surface area contributed by atoms with E-state index < -0.39 is 57.6 Å². The van der Waals surface area contributed by atoms with Crippen LogP contribution in [0.2, 0.25) is 0 Å². The molecule has 0 spiro atoms. The van der Waals surface area contributed by atoms with E-state index in [9.17, 15) is 30.6 Å². The summed E-state index contributed by atoms with van der Waals surface area (Å²) in [4.78, 5) is 0. The number of halogens is 6. The average molecular weight is 572 g/mol. The highest BCUT2D eigenvalue weighted by atomic mass is 32.2. The third-order valence-corrected chi connectivity index (χ3v) is 7.15. The Hall–Kier alpha value is -3.31. The monoisotopic (exact) mass is 571 g/mol. The lowest BCUT2D eigenvalue weighted by atomic mass is 9.82. The van der Waals surface area contributed by atoms with Crippen LogP contribution in [0.15, 0.2) is 79.6 Å². The zero-order valence-electron chi connectivity index (χ0n) is 21.3. The molecule has 4 nitrogen and oxygen atoms in total. The largest absolute Gasteiger partial charge is 0.463 e. The second kappa shape index (κ2) is 12.3. The van der Waals surface area contributed by atoms with Gasteiger partial charge >= 0.3 is 12.5 Å². The van der Waals surface area contributed by atoms with Gasteiger partial charge in [-0.3, -0.25) is 0 Å². The fraction of sp³-hybridized carbons (Fsp3) is 0.286. The number of rotatable bonds is 11. The second-order valence-corrected chi connectivity index (χ2v) is 11.5. The summed E-state index contributed by atoms with van der Waals surface area (Å²) in [6.45, 7) is 8.48. The summed E-state index contributed by atoms with van der Waals surface area (Å²) in [5.41, 5.74) is 0.992. The van der Waals surface area contributed by atoms with Crippen LogP contribution in [0.25, 0.3) is 0 Å². The maximum absolute atomic E-state index is 14.7.